The summed E-state index contributed by atoms with van der Waals surface area (Å²) in [6.07, 6.45) is 3.18. The first-order valence-electron chi connectivity index (χ1n) is 9.16. The number of methoxy groups -OCH3 is 2. The Morgan fingerprint density at radius 2 is 1.66 bits per heavy atom. The quantitative estimate of drug-likeness (QED) is 0.555. The number of benzene rings is 3. The fourth-order valence-corrected chi connectivity index (χ4v) is 2.73. The van der Waals surface area contributed by atoms with E-state index in [0.717, 1.165) is 16.9 Å². The van der Waals surface area contributed by atoms with Crippen molar-refractivity contribution in [3.63, 3.8) is 0 Å². The van der Waals surface area contributed by atoms with Crippen molar-refractivity contribution in [1.29, 1.82) is 0 Å². The smallest absolute Gasteiger partial charge is 0.248 e. The van der Waals surface area contributed by atoms with Crippen LogP contribution in [0.25, 0.3) is 6.08 Å². The van der Waals surface area contributed by atoms with Gasteiger partial charge in [0.1, 0.15) is 12.4 Å². The van der Waals surface area contributed by atoms with Crippen LogP contribution in [0.4, 0.5) is 5.69 Å². The summed E-state index contributed by atoms with van der Waals surface area (Å²) < 4.78 is 16.5. The second-order valence-corrected chi connectivity index (χ2v) is 6.20. The van der Waals surface area contributed by atoms with E-state index in [2.05, 4.69) is 5.32 Å². The Balaban J connectivity index is 1.72. The van der Waals surface area contributed by atoms with E-state index in [0.29, 0.717) is 23.8 Å². The molecule has 0 spiro atoms. The molecule has 3 aromatic rings. The van der Waals surface area contributed by atoms with Crippen molar-refractivity contribution >= 4 is 17.7 Å². The second kappa shape index (κ2) is 9.99. The molecule has 1 N–H and O–H groups in total. The third-order valence-corrected chi connectivity index (χ3v) is 4.23. The first kappa shape index (κ1) is 20.0. The molecule has 0 unspecified atom stereocenters. The normalized spacial score (nSPS) is 10.6. The minimum Gasteiger partial charge on any atom is -0.497 e. The van der Waals surface area contributed by atoms with E-state index >= 15 is 0 Å². The van der Waals surface area contributed by atoms with Gasteiger partial charge in [0.25, 0.3) is 0 Å². The van der Waals surface area contributed by atoms with Crippen LogP contribution in [-0.4, -0.2) is 20.1 Å². The SMILES string of the molecule is COc1ccc(NC(=O)/C=C/c2cccc(OC)c2OCc2ccccc2)cc1. The third-order valence-electron chi connectivity index (χ3n) is 4.23. The summed E-state index contributed by atoms with van der Waals surface area (Å²) in [5, 5.41) is 2.82. The van der Waals surface area contributed by atoms with Crippen LogP contribution in [0, 0.1) is 0 Å². The number of para-hydroxylation sites is 1. The molecule has 5 nitrogen and oxygen atoms in total. The molecule has 0 saturated heterocycles. The van der Waals surface area contributed by atoms with Crippen LogP contribution < -0.4 is 19.5 Å². The summed E-state index contributed by atoms with van der Waals surface area (Å²) in [5.74, 6) is 1.69. The number of hydrogen-bond donors (Lipinski definition) is 1. The van der Waals surface area contributed by atoms with Gasteiger partial charge in [0.05, 0.1) is 14.2 Å². The Bertz CT molecular complexity index is 966. The van der Waals surface area contributed by atoms with Gasteiger partial charge in [0, 0.05) is 17.3 Å². The molecular formula is C24H23NO4. The molecule has 0 aliphatic heterocycles. The second-order valence-electron chi connectivity index (χ2n) is 6.20. The molecule has 5 heteroatoms. The topological polar surface area (TPSA) is 56.8 Å². The number of carbonyl (C=O) groups is 1. The van der Waals surface area contributed by atoms with Gasteiger partial charge in [-0.3, -0.25) is 4.79 Å². The molecule has 0 aromatic heterocycles. The predicted octanol–water partition coefficient (Wildman–Crippen LogP) is 4.93. The lowest BCUT2D eigenvalue weighted by Crippen LogP contribution is -2.07. The summed E-state index contributed by atoms with van der Waals surface area (Å²) in [4.78, 5) is 12.3. The first-order chi connectivity index (χ1) is 14.2. The fourth-order valence-electron chi connectivity index (χ4n) is 2.73. The highest BCUT2D eigenvalue weighted by atomic mass is 16.5. The molecule has 0 heterocycles. The molecule has 0 bridgehead atoms. The van der Waals surface area contributed by atoms with Crippen LogP contribution in [0.1, 0.15) is 11.1 Å². The maximum absolute atomic E-state index is 12.3. The molecular weight excluding hydrogens is 366 g/mol. The van der Waals surface area contributed by atoms with Gasteiger partial charge in [-0.05, 0) is 42.0 Å². The number of rotatable bonds is 8. The molecule has 0 aliphatic rings. The Morgan fingerprint density at radius 3 is 2.34 bits per heavy atom. The summed E-state index contributed by atoms with van der Waals surface area (Å²) in [6, 6.07) is 22.6. The number of hydrogen-bond acceptors (Lipinski definition) is 4. The van der Waals surface area contributed by atoms with E-state index < -0.39 is 0 Å². The summed E-state index contributed by atoms with van der Waals surface area (Å²) in [7, 11) is 3.19. The third kappa shape index (κ3) is 5.62. The standard InChI is InChI=1S/C24H23NO4/c1-27-21-14-12-20(13-15-21)25-23(26)16-11-19-9-6-10-22(28-2)24(19)29-17-18-7-4-3-5-8-18/h3-16H,17H2,1-2H3,(H,25,26)/b16-11+. The average Bonchev–Trinajstić information content (AvgIpc) is 2.77. The molecule has 0 atom stereocenters. The van der Waals surface area contributed by atoms with Gasteiger partial charge in [0.2, 0.25) is 5.91 Å². The number of amides is 1. The van der Waals surface area contributed by atoms with Gasteiger partial charge < -0.3 is 19.5 Å². The van der Waals surface area contributed by atoms with E-state index in [1.807, 2.05) is 48.5 Å². The summed E-state index contributed by atoms with van der Waals surface area (Å²) in [6.45, 7) is 0.403. The Labute approximate surface area is 170 Å². The molecule has 0 fully saturated rings. The minimum absolute atomic E-state index is 0.244. The zero-order chi connectivity index (χ0) is 20.5. The fraction of sp³-hybridized carbons (Fsp3) is 0.125. The van der Waals surface area contributed by atoms with Crippen LogP contribution in [0.15, 0.2) is 78.9 Å². The summed E-state index contributed by atoms with van der Waals surface area (Å²) >= 11 is 0. The zero-order valence-corrected chi connectivity index (χ0v) is 16.4. The monoisotopic (exact) mass is 389 g/mol. The Hall–Kier alpha value is -3.73. The average molecular weight is 389 g/mol. The highest BCUT2D eigenvalue weighted by Crippen LogP contribution is 2.32. The van der Waals surface area contributed by atoms with Gasteiger partial charge in [-0.2, -0.15) is 0 Å². The molecule has 29 heavy (non-hydrogen) atoms. The van der Waals surface area contributed by atoms with Crippen LogP contribution in [0.3, 0.4) is 0 Å². The van der Waals surface area contributed by atoms with Crippen molar-refractivity contribution < 1.29 is 19.0 Å². The molecule has 0 aliphatic carbocycles. The number of anilines is 1. The van der Waals surface area contributed by atoms with E-state index in [9.17, 15) is 4.79 Å². The van der Waals surface area contributed by atoms with Gasteiger partial charge in [-0.1, -0.05) is 42.5 Å². The first-order valence-corrected chi connectivity index (χ1v) is 9.16. The van der Waals surface area contributed by atoms with Crippen molar-refractivity contribution in [2.45, 2.75) is 6.61 Å². The number of ether oxygens (including phenoxy) is 3. The molecule has 0 radical (unpaired) electrons. The highest BCUT2D eigenvalue weighted by molar-refractivity contribution is 6.02. The Kier molecular flexibility index (Phi) is 6.90. The van der Waals surface area contributed by atoms with Gasteiger partial charge in [-0.15, -0.1) is 0 Å². The van der Waals surface area contributed by atoms with Gasteiger partial charge >= 0.3 is 0 Å². The van der Waals surface area contributed by atoms with Crippen molar-refractivity contribution in [2.75, 3.05) is 19.5 Å². The van der Waals surface area contributed by atoms with Crippen LogP contribution in [0.5, 0.6) is 17.2 Å². The predicted molar refractivity (Wildman–Crippen MR) is 114 cm³/mol. The van der Waals surface area contributed by atoms with Crippen LogP contribution >= 0.6 is 0 Å². The van der Waals surface area contributed by atoms with Gasteiger partial charge in [0.15, 0.2) is 11.5 Å². The van der Waals surface area contributed by atoms with Crippen molar-refractivity contribution in [3.05, 3.63) is 90.0 Å². The molecule has 1 amide bonds. The van der Waals surface area contributed by atoms with Crippen molar-refractivity contribution in [1.82, 2.24) is 0 Å². The lowest BCUT2D eigenvalue weighted by Gasteiger charge is -2.13. The van der Waals surface area contributed by atoms with Crippen molar-refractivity contribution in [2.24, 2.45) is 0 Å². The van der Waals surface area contributed by atoms with E-state index in [1.165, 1.54) is 6.08 Å². The van der Waals surface area contributed by atoms with Crippen molar-refractivity contribution in [3.8, 4) is 17.2 Å². The maximum Gasteiger partial charge on any atom is 0.248 e. The summed E-state index contributed by atoms with van der Waals surface area (Å²) in [5.41, 5.74) is 2.49. The molecule has 3 aromatic carbocycles. The van der Waals surface area contributed by atoms with E-state index in [-0.39, 0.29) is 5.91 Å². The number of carbonyl (C=O) groups excluding carboxylic acids is 1. The highest BCUT2D eigenvalue weighted by Gasteiger charge is 2.09. The number of nitrogens with one attached hydrogen (secondary N) is 1. The molecule has 148 valence electrons. The van der Waals surface area contributed by atoms with Crippen LogP contribution in [-0.2, 0) is 11.4 Å². The molecule has 3 rings (SSSR count). The van der Waals surface area contributed by atoms with Crippen LogP contribution in [0.2, 0.25) is 0 Å². The lowest BCUT2D eigenvalue weighted by atomic mass is 10.1. The van der Waals surface area contributed by atoms with E-state index in [1.54, 1.807) is 44.6 Å². The Morgan fingerprint density at radius 1 is 0.897 bits per heavy atom. The van der Waals surface area contributed by atoms with Gasteiger partial charge in [-0.25, -0.2) is 0 Å². The maximum atomic E-state index is 12.3. The minimum atomic E-state index is -0.244. The molecule has 0 saturated carbocycles. The zero-order valence-electron chi connectivity index (χ0n) is 16.4. The van der Waals surface area contributed by atoms with E-state index in [4.69, 9.17) is 14.2 Å². The largest absolute Gasteiger partial charge is 0.497 e. The lowest BCUT2D eigenvalue weighted by molar-refractivity contribution is -0.111.